The Labute approximate surface area is 145 Å². The van der Waals surface area contributed by atoms with Crippen LogP contribution in [-0.4, -0.2) is 50.0 Å². The number of nitrogens with one attached hydrogen (secondary N) is 2. The predicted octanol–water partition coefficient (Wildman–Crippen LogP) is 2.13. The molecule has 5 heteroatoms. The molecule has 0 saturated heterocycles. The molecular formula is C19H31N3O2. The lowest BCUT2D eigenvalue weighted by atomic mass is 10.0. The van der Waals surface area contributed by atoms with Crippen molar-refractivity contribution >= 4 is 5.96 Å². The summed E-state index contributed by atoms with van der Waals surface area (Å²) in [6.45, 7) is 7.29. The van der Waals surface area contributed by atoms with Gasteiger partial charge >= 0.3 is 0 Å². The van der Waals surface area contributed by atoms with Gasteiger partial charge in [0.2, 0.25) is 0 Å². The molecule has 1 fully saturated rings. The van der Waals surface area contributed by atoms with Crippen molar-refractivity contribution in [3.63, 3.8) is 0 Å². The first-order valence-electron chi connectivity index (χ1n) is 9.02. The van der Waals surface area contributed by atoms with Crippen LogP contribution in [0.15, 0.2) is 35.3 Å². The summed E-state index contributed by atoms with van der Waals surface area (Å²) in [6.07, 6.45) is 1.98. The number of hydrogen-bond acceptors (Lipinski definition) is 3. The first-order valence-corrected chi connectivity index (χ1v) is 9.02. The van der Waals surface area contributed by atoms with Gasteiger partial charge in [-0.3, -0.25) is 4.99 Å². The van der Waals surface area contributed by atoms with Gasteiger partial charge in [0, 0.05) is 19.7 Å². The maximum atomic E-state index is 9.97. The minimum atomic E-state index is -0.550. The topological polar surface area (TPSA) is 65.9 Å². The van der Waals surface area contributed by atoms with Gasteiger partial charge in [-0.25, -0.2) is 0 Å². The number of nitrogens with zero attached hydrogens (tertiary/aromatic N) is 1. The summed E-state index contributed by atoms with van der Waals surface area (Å²) in [5.41, 5.74) is 1.30. The highest BCUT2D eigenvalue weighted by Crippen LogP contribution is 2.28. The fourth-order valence-electron chi connectivity index (χ4n) is 2.40. The van der Waals surface area contributed by atoms with Crippen molar-refractivity contribution in [2.75, 3.05) is 32.8 Å². The van der Waals surface area contributed by atoms with Gasteiger partial charge in [0.1, 0.15) is 0 Å². The quantitative estimate of drug-likeness (QED) is 0.453. The van der Waals surface area contributed by atoms with Crippen molar-refractivity contribution in [2.45, 2.75) is 38.7 Å². The Morgan fingerprint density at radius 2 is 2.04 bits per heavy atom. The highest BCUT2D eigenvalue weighted by Gasteiger charge is 2.21. The zero-order valence-corrected chi connectivity index (χ0v) is 14.9. The predicted molar refractivity (Wildman–Crippen MR) is 98.4 cm³/mol. The fraction of sp³-hybridized carbons (Fsp3) is 0.632. The molecule has 3 N–H and O–H groups in total. The number of guanidine groups is 1. The maximum Gasteiger partial charge on any atom is 0.191 e. The molecule has 1 aliphatic carbocycles. The Morgan fingerprint density at radius 1 is 1.29 bits per heavy atom. The monoisotopic (exact) mass is 333 g/mol. The highest BCUT2D eigenvalue weighted by molar-refractivity contribution is 5.79. The van der Waals surface area contributed by atoms with Gasteiger partial charge in [-0.2, -0.15) is 0 Å². The SMILES string of the molecule is CCNC(=NCC(O)COCC1CC1)NCC(C)c1ccccc1. The molecule has 0 aromatic heterocycles. The Balaban J connectivity index is 1.72. The molecule has 0 aliphatic heterocycles. The number of benzene rings is 1. The van der Waals surface area contributed by atoms with E-state index in [9.17, 15) is 5.11 Å². The van der Waals surface area contributed by atoms with Crippen LogP contribution in [0.1, 0.15) is 38.2 Å². The number of ether oxygens (including phenoxy) is 1. The summed E-state index contributed by atoms with van der Waals surface area (Å²) in [6, 6.07) is 10.4. The van der Waals surface area contributed by atoms with Gasteiger partial charge in [-0.05, 0) is 37.2 Å². The molecule has 2 rings (SSSR count). The number of rotatable bonds is 10. The lowest BCUT2D eigenvalue weighted by Gasteiger charge is -2.17. The Kier molecular flexibility index (Phi) is 8.05. The van der Waals surface area contributed by atoms with Gasteiger partial charge in [0.05, 0.1) is 19.3 Å². The molecule has 0 amide bonds. The van der Waals surface area contributed by atoms with Crippen molar-refractivity contribution in [3.05, 3.63) is 35.9 Å². The molecule has 0 bridgehead atoms. The van der Waals surface area contributed by atoms with E-state index < -0.39 is 6.10 Å². The highest BCUT2D eigenvalue weighted by atomic mass is 16.5. The molecule has 2 unspecified atom stereocenters. The Bertz CT molecular complexity index is 489. The van der Waals surface area contributed by atoms with Crippen LogP contribution in [0.3, 0.4) is 0 Å². The van der Waals surface area contributed by atoms with Gasteiger partial charge < -0.3 is 20.5 Å². The van der Waals surface area contributed by atoms with Gasteiger partial charge in [0.25, 0.3) is 0 Å². The second-order valence-corrected chi connectivity index (χ2v) is 6.55. The van der Waals surface area contributed by atoms with Crippen LogP contribution >= 0.6 is 0 Å². The minimum Gasteiger partial charge on any atom is -0.389 e. The number of aliphatic imine (C=N–C) groups is 1. The molecule has 1 aliphatic rings. The van der Waals surface area contributed by atoms with Crippen LogP contribution < -0.4 is 10.6 Å². The van der Waals surface area contributed by atoms with E-state index in [1.165, 1.54) is 18.4 Å². The molecule has 5 nitrogen and oxygen atoms in total. The van der Waals surface area contributed by atoms with Crippen molar-refractivity contribution in [2.24, 2.45) is 10.9 Å². The summed E-state index contributed by atoms with van der Waals surface area (Å²) in [5, 5.41) is 16.5. The van der Waals surface area contributed by atoms with E-state index in [2.05, 4.69) is 46.8 Å². The average Bonchev–Trinajstić information content (AvgIpc) is 3.42. The second kappa shape index (κ2) is 10.3. The van der Waals surface area contributed by atoms with Crippen LogP contribution in [-0.2, 0) is 4.74 Å². The van der Waals surface area contributed by atoms with Crippen LogP contribution in [0.4, 0.5) is 0 Å². The molecule has 0 radical (unpaired) electrons. The third-order valence-electron chi connectivity index (χ3n) is 4.11. The van der Waals surface area contributed by atoms with Crippen LogP contribution in [0.25, 0.3) is 0 Å². The molecule has 1 aromatic carbocycles. The van der Waals surface area contributed by atoms with Crippen molar-refractivity contribution in [3.8, 4) is 0 Å². The normalized spacial score (nSPS) is 17.4. The molecule has 1 aromatic rings. The van der Waals surface area contributed by atoms with Gasteiger partial charge in [-0.1, -0.05) is 37.3 Å². The standard InChI is InChI=1S/C19H31N3O2/c1-3-20-19(21-11-15(2)17-7-5-4-6-8-17)22-12-18(23)14-24-13-16-9-10-16/h4-8,15-16,18,23H,3,9-14H2,1-2H3,(H2,20,21,22). The minimum absolute atomic E-state index is 0.347. The lowest BCUT2D eigenvalue weighted by Crippen LogP contribution is -2.39. The molecular weight excluding hydrogens is 302 g/mol. The molecule has 2 atom stereocenters. The lowest BCUT2D eigenvalue weighted by molar-refractivity contribution is 0.0368. The van der Waals surface area contributed by atoms with Crippen LogP contribution in [0.5, 0.6) is 0 Å². The zero-order chi connectivity index (χ0) is 17.2. The Hall–Kier alpha value is -1.59. The van der Waals surface area contributed by atoms with Gasteiger partial charge in [-0.15, -0.1) is 0 Å². The number of aliphatic hydroxyl groups excluding tert-OH is 1. The molecule has 0 spiro atoms. The first-order chi connectivity index (χ1) is 11.7. The third kappa shape index (κ3) is 7.32. The van der Waals surface area contributed by atoms with Crippen LogP contribution in [0.2, 0.25) is 0 Å². The van der Waals surface area contributed by atoms with E-state index in [1.807, 2.05) is 13.0 Å². The largest absolute Gasteiger partial charge is 0.389 e. The van der Waals surface area contributed by atoms with Gasteiger partial charge in [0.15, 0.2) is 5.96 Å². The van der Waals surface area contributed by atoms with E-state index in [1.54, 1.807) is 0 Å². The summed E-state index contributed by atoms with van der Waals surface area (Å²) in [5.74, 6) is 1.85. The van der Waals surface area contributed by atoms with E-state index in [-0.39, 0.29) is 0 Å². The maximum absolute atomic E-state index is 9.97. The second-order valence-electron chi connectivity index (χ2n) is 6.55. The number of aliphatic hydroxyl groups is 1. The summed E-state index contributed by atoms with van der Waals surface area (Å²) in [7, 11) is 0. The first kappa shape index (κ1) is 18.7. The third-order valence-corrected chi connectivity index (χ3v) is 4.11. The zero-order valence-electron chi connectivity index (χ0n) is 14.9. The van der Waals surface area contributed by atoms with Crippen molar-refractivity contribution in [1.82, 2.24) is 10.6 Å². The fourth-order valence-corrected chi connectivity index (χ4v) is 2.40. The van der Waals surface area contributed by atoms with Crippen molar-refractivity contribution < 1.29 is 9.84 Å². The molecule has 1 saturated carbocycles. The molecule has 0 heterocycles. The van der Waals surface area contributed by atoms with Crippen LogP contribution in [0, 0.1) is 5.92 Å². The molecule has 24 heavy (non-hydrogen) atoms. The molecule has 134 valence electrons. The van der Waals surface area contributed by atoms with E-state index in [0.29, 0.717) is 19.1 Å². The number of hydrogen-bond donors (Lipinski definition) is 3. The van der Waals surface area contributed by atoms with Crippen molar-refractivity contribution in [1.29, 1.82) is 0 Å². The van der Waals surface area contributed by atoms with E-state index in [4.69, 9.17) is 4.74 Å². The smallest absolute Gasteiger partial charge is 0.191 e. The summed E-state index contributed by atoms with van der Waals surface area (Å²) < 4.78 is 5.51. The average molecular weight is 333 g/mol. The van der Waals surface area contributed by atoms with E-state index in [0.717, 1.165) is 31.6 Å². The van der Waals surface area contributed by atoms with E-state index >= 15 is 0 Å². The summed E-state index contributed by atoms with van der Waals surface area (Å²) in [4.78, 5) is 4.46. The summed E-state index contributed by atoms with van der Waals surface area (Å²) >= 11 is 0. The Morgan fingerprint density at radius 3 is 2.71 bits per heavy atom.